The molecule has 0 aliphatic rings. The van der Waals surface area contributed by atoms with Gasteiger partial charge in [0.25, 0.3) is 0 Å². The van der Waals surface area contributed by atoms with Gasteiger partial charge in [0, 0.05) is 22.3 Å². The van der Waals surface area contributed by atoms with Crippen LogP contribution in [-0.4, -0.2) is 4.98 Å². The van der Waals surface area contributed by atoms with Crippen molar-refractivity contribution in [3.63, 3.8) is 0 Å². The second kappa shape index (κ2) is 8.37. The predicted molar refractivity (Wildman–Crippen MR) is 109 cm³/mol. The molecule has 0 radical (unpaired) electrons. The SMILES string of the molecule is Cc1cc(C(CC(c2cccc(Br)c2)c2ccccc2C)N=O)ccn1. The van der Waals surface area contributed by atoms with Crippen LogP contribution in [0, 0.1) is 18.8 Å². The zero-order valence-electron chi connectivity index (χ0n) is 14.9. The normalized spacial score (nSPS) is 13.2. The van der Waals surface area contributed by atoms with Crippen molar-refractivity contribution in [2.24, 2.45) is 5.18 Å². The fourth-order valence-electron chi connectivity index (χ4n) is 3.38. The molecule has 2 atom stereocenters. The second-order valence-corrected chi connectivity index (χ2v) is 7.47. The number of nitroso groups, excluding NO2 is 1. The first-order valence-corrected chi connectivity index (χ1v) is 9.44. The molecule has 1 aromatic heterocycles. The Bertz CT molecular complexity index is 910. The quantitative estimate of drug-likeness (QED) is 0.437. The molecule has 3 nitrogen and oxygen atoms in total. The highest BCUT2D eigenvalue weighted by atomic mass is 79.9. The van der Waals surface area contributed by atoms with Gasteiger partial charge in [0.15, 0.2) is 0 Å². The summed E-state index contributed by atoms with van der Waals surface area (Å²) in [5.41, 5.74) is 5.43. The molecule has 0 spiro atoms. The minimum atomic E-state index is -0.416. The molecule has 0 saturated carbocycles. The Labute approximate surface area is 162 Å². The summed E-state index contributed by atoms with van der Waals surface area (Å²) in [5.74, 6) is 0.0878. The molecule has 0 N–H and O–H groups in total. The Morgan fingerprint density at radius 1 is 1.00 bits per heavy atom. The average molecular weight is 409 g/mol. The van der Waals surface area contributed by atoms with E-state index < -0.39 is 6.04 Å². The lowest BCUT2D eigenvalue weighted by Gasteiger charge is -2.23. The minimum Gasteiger partial charge on any atom is -0.262 e. The topological polar surface area (TPSA) is 42.3 Å². The maximum Gasteiger partial charge on any atom is 0.118 e. The maximum atomic E-state index is 11.7. The van der Waals surface area contributed by atoms with Crippen molar-refractivity contribution in [3.8, 4) is 0 Å². The van der Waals surface area contributed by atoms with Gasteiger partial charge in [0.1, 0.15) is 6.04 Å². The number of pyridine rings is 1. The van der Waals surface area contributed by atoms with Crippen molar-refractivity contribution in [1.82, 2.24) is 4.98 Å². The molecule has 0 aliphatic heterocycles. The highest BCUT2D eigenvalue weighted by Crippen LogP contribution is 2.37. The van der Waals surface area contributed by atoms with Gasteiger partial charge in [0.05, 0.1) is 0 Å². The fourth-order valence-corrected chi connectivity index (χ4v) is 3.80. The van der Waals surface area contributed by atoms with Crippen LogP contribution in [0.5, 0.6) is 0 Å². The maximum absolute atomic E-state index is 11.7. The van der Waals surface area contributed by atoms with Crippen LogP contribution in [0.2, 0.25) is 0 Å². The zero-order valence-corrected chi connectivity index (χ0v) is 16.5. The summed E-state index contributed by atoms with van der Waals surface area (Å²) < 4.78 is 1.03. The van der Waals surface area contributed by atoms with E-state index >= 15 is 0 Å². The molecule has 3 rings (SSSR count). The van der Waals surface area contributed by atoms with Gasteiger partial charge in [0.2, 0.25) is 0 Å². The van der Waals surface area contributed by atoms with E-state index in [0.717, 1.165) is 15.7 Å². The van der Waals surface area contributed by atoms with E-state index in [1.165, 1.54) is 16.7 Å². The lowest BCUT2D eigenvalue weighted by atomic mass is 9.82. The van der Waals surface area contributed by atoms with E-state index in [9.17, 15) is 4.91 Å². The number of aromatic nitrogens is 1. The molecule has 0 aliphatic carbocycles. The Kier molecular flexibility index (Phi) is 5.94. The molecule has 0 bridgehead atoms. The van der Waals surface area contributed by atoms with Crippen LogP contribution >= 0.6 is 15.9 Å². The second-order valence-electron chi connectivity index (χ2n) is 6.55. The van der Waals surface area contributed by atoms with Crippen LogP contribution in [0.25, 0.3) is 0 Å². The van der Waals surface area contributed by atoms with Crippen molar-refractivity contribution in [3.05, 3.63) is 104 Å². The first-order valence-electron chi connectivity index (χ1n) is 8.64. The monoisotopic (exact) mass is 408 g/mol. The van der Waals surface area contributed by atoms with Crippen molar-refractivity contribution < 1.29 is 0 Å². The number of hydrogen-bond acceptors (Lipinski definition) is 3. The van der Waals surface area contributed by atoms with Gasteiger partial charge in [-0.25, -0.2) is 0 Å². The third-order valence-corrected chi connectivity index (χ3v) is 5.20. The number of halogens is 1. The van der Waals surface area contributed by atoms with E-state index in [0.29, 0.717) is 6.42 Å². The smallest absolute Gasteiger partial charge is 0.118 e. The summed E-state index contributed by atoms with van der Waals surface area (Å²) in [4.78, 5) is 15.9. The van der Waals surface area contributed by atoms with Crippen LogP contribution in [0.3, 0.4) is 0 Å². The van der Waals surface area contributed by atoms with Crippen molar-refractivity contribution in [2.75, 3.05) is 0 Å². The van der Waals surface area contributed by atoms with E-state index in [4.69, 9.17) is 0 Å². The van der Waals surface area contributed by atoms with Gasteiger partial charge in [-0.3, -0.25) is 4.98 Å². The largest absolute Gasteiger partial charge is 0.262 e. The molecular formula is C22H21BrN2O. The zero-order chi connectivity index (χ0) is 18.5. The molecule has 2 unspecified atom stereocenters. The summed E-state index contributed by atoms with van der Waals surface area (Å²) in [5, 5.41) is 3.45. The van der Waals surface area contributed by atoms with Crippen LogP contribution in [0.15, 0.2) is 76.5 Å². The van der Waals surface area contributed by atoms with Gasteiger partial charge in [-0.15, -0.1) is 0 Å². The minimum absolute atomic E-state index is 0.0878. The number of benzene rings is 2. The van der Waals surface area contributed by atoms with Crippen molar-refractivity contribution in [2.45, 2.75) is 32.2 Å². The van der Waals surface area contributed by atoms with Gasteiger partial charge in [-0.2, -0.15) is 4.91 Å². The number of rotatable bonds is 6. The molecule has 26 heavy (non-hydrogen) atoms. The predicted octanol–water partition coefficient (Wildman–Crippen LogP) is 6.49. The van der Waals surface area contributed by atoms with Gasteiger partial charge in [-0.1, -0.05) is 57.5 Å². The lowest BCUT2D eigenvalue weighted by Crippen LogP contribution is -2.09. The fraction of sp³-hybridized carbons (Fsp3) is 0.227. The Balaban J connectivity index is 2.03. The van der Waals surface area contributed by atoms with Crippen molar-refractivity contribution in [1.29, 1.82) is 0 Å². The number of aryl methyl sites for hydroxylation is 2. The van der Waals surface area contributed by atoms with Gasteiger partial charge >= 0.3 is 0 Å². The van der Waals surface area contributed by atoms with E-state index in [1.54, 1.807) is 6.20 Å². The Hall–Kier alpha value is -2.33. The third-order valence-electron chi connectivity index (χ3n) is 4.71. The molecule has 1 heterocycles. The van der Waals surface area contributed by atoms with Crippen LogP contribution < -0.4 is 0 Å². The van der Waals surface area contributed by atoms with E-state index in [2.05, 4.69) is 57.3 Å². The van der Waals surface area contributed by atoms with E-state index in [1.807, 2.05) is 43.3 Å². The molecule has 132 valence electrons. The summed E-state index contributed by atoms with van der Waals surface area (Å²) in [7, 11) is 0. The molecule has 3 aromatic rings. The Morgan fingerprint density at radius 2 is 1.81 bits per heavy atom. The van der Waals surface area contributed by atoms with Crippen molar-refractivity contribution >= 4 is 15.9 Å². The first-order chi connectivity index (χ1) is 12.6. The highest BCUT2D eigenvalue weighted by molar-refractivity contribution is 9.10. The molecule has 0 saturated heterocycles. The van der Waals surface area contributed by atoms with Gasteiger partial charge in [-0.05, 0) is 66.8 Å². The van der Waals surface area contributed by atoms with Gasteiger partial charge < -0.3 is 0 Å². The first kappa shape index (κ1) is 18.5. The van der Waals surface area contributed by atoms with Crippen LogP contribution in [0.4, 0.5) is 0 Å². The number of hydrogen-bond donors (Lipinski definition) is 0. The summed E-state index contributed by atoms with van der Waals surface area (Å²) in [6, 6.07) is 20.0. The molecule has 0 amide bonds. The molecule has 2 aromatic carbocycles. The summed E-state index contributed by atoms with van der Waals surface area (Å²) in [6.45, 7) is 4.04. The molecule has 4 heteroatoms. The van der Waals surface area contributed by atoms with E-state index in [-0.39, 0.29) is 5.92 Å². The summed E-state index contributed by atoms with van der Waals surface area (Å²) in [6.07, 6.45) is 2.36. The lowest BCUT2D eigenvalue weighted by molar-refractivity contribution is 0.591. The summed E-state index contributed by atoms with van der Waals surface area (Å²) >= 11 is 3.57. The average Bonchev–Trinajstić information content (AvgIpc) is 2.64. The Morgan fingerprint density at radius 3 is 2.50 bits per heavy atom. The molecule has 0 fully saturated rings. The number of nitrogens with zero attached hydrogens (tertiary/aromatic N) is 2. The standard InChI is InChI=1S/C22H21BrN2O/c1-15-6-3-4-9-20(15)21(17-7-5-8-19(23)13-17)14-22(25-26)18-10-11-24-16(2)12-18/h3-13,21-22H,14H2,1-2H3. The highest BCUT2D eigenvalue weighted by Gasteiger charge is 2.23. The molecular weight excluding hydrogens is 388 g/mol. The van der Waals surface area contributed by atoms with Crippen LogP contribution in [0.1, 0.15) is 46.3 Å². The third kappa shape index (κ3) is 4.25. The van der Waals surface area contributed by atoms with Crippen LogP contribution in [-0.2, 0) is 0 Å².